The Bertz CT molecular complexity index is 830. The van der Waals surface area contributed by atoms with Crippen molar-refractivity contribution in [3.63, 3.8) is 0 Å². The van der Waals surface area contributed by atoms with Gasteiger partial charge in [0.05, 0.1) is 5.69 Å². The molecule has 1 heterocycles. The maximum atomic E-state index is 12.3. The lowest BCUT2D eigenvalue weighted by molar-refractivity contribution is 0.102. The highest BCUT2D eigenvalue weighted by Crippen LogP contribution is 2.20. The summed E-state index contributed by atoms with van der Waals surface area (Å²) in [6.45, 7) is 6.33. The van der Waals surface area contributed by atoms with E-state index in [1.165, 1.54) is 11.1 Å². The molecule has 0 aliphatic heterocycles. The Morgan fingerprint density at radius 3 is 2.33 bits per heavy atom. The molecular formula is C20H21N3O. The van der Waals surface area contributed by atoms with Crippen LogP contribution in [0.1, 0.15) is 41.4 Å². The predicted octanol–water partition coefficient (Wildman–Crippen LogP) is 4.76. The van der Waals surface area contributed by atoms with E-state index < -0.39 is 0 Å². The van der Waals surface area contributed by atoms with Crippen molar-refractivity contribution in [1.29, 1.82) is 0 Å². The maximum absolute atomic E-state index is 12.3. The molecule has 4 nitrogen and oxygen atoms in total. The van der Waals surface area contributed by atoms with Crippen LogP contribution in [0.4, 0.5) is 5.69 Å². The Kier molecular flexibility index (Phi) is 4.47. The normalized spacial score (nSPS) is 10.8. The fourth-order valence-electron chi connectivity index (χ4n) is 2.46. The molecule has 0 bridgehead atoms. The molecule has 3 rings (SSSR count). The van der Waals surface area contributed by atoms with E-state index in [0.717, 1.165) is 16.9 Å². The van der Waals surface area contributed by atoms with Gasteiger partial charge in [-0.1, -0.05) is 55.8 Å². The number of carbonyl (C=O) groups excluding carboxylic acids is 1. The monoisotopic (exact) mass is 319 g/mol. The highest BCUT2D eigenvalue weighted by atomic mass is 16.1. The van der Waals surface area contributed by atoms with E-state index in [1.54, 1.807) is 6.07 Å². The van der Waals surface area contributed by atoms with Crippen molar-refractivity contribution in [3.05, 3.63) is 71.4 Å². The molecule has 2 aromatic carbocycles. The molecule has 0 spiro atoms. The first kappa shape index (κ1) is 16.0. The molecule has 0 atom stereocenters. The number of H-pyrrole nitrogens is 1. The van der Waals surface area contributed by atoms with Crippen LogP contribution in [-0.4, -0.2) is 16.1 Å². The fraction of sp³-hybridized carbons (Fsp3) is 0.200. The summed E-state index contributed by atoms with van der Waals surface area (Å²) in [6.07, 6.45) is 0. The zero-order valence-electron chi connectivity index (χ0n) is 14.1. The largest absolute Gasteiger partial charge is 0.321 e. The molecule has 0 unspecified atom stereocenters. The molecule has 3 aromatic rings. The number of aryl methyl sites for hydroxylation is 1. The van der Waals surface area contributed by atoms with Crippen LogP contribution in [0.3, 0.4) is 0 Å². The number of aromatic amines is 1. The predicted molar refractivity (Wildman–Crippen MR) is 97.2 cm³/mol. The van der Waals surface area contributed by atoms with Crippen LogP contribution >= 0.6 is 0 Å². The summed E-state index contributed by atoms with van der Waals surface area (Å²) in [5.41, 5.74) is 5.40. The number of amides is 1. The Balaban J connectivity index is 1.72. The van der Waals surface area contributed by atoms with Crippen LogP contribution < -0.4 is 5.32 Å². The Morgan fingerprint density at radius 2 is 1.71 bits per heavy atom. The first-order chi connectivity index (χ1) is 11.5. The molecule has 4 heteroatoms. The Labute approximate surface area is 141 Å². The molecule has 0 aliphatic rings. The van der Waals surface area contributed by atoms with Gasteiger partial charge in [-0.2, -0.15) is 5.10 Å². The second-order valence-electron chi connectivity index (χ2n) is 6.26. The Hall–Kier alpha value is -2.88. The van der Waals surface area contributed by atoms with Crippen molar-refractivity contribution in [1.82, 2.24) is 10.2 Å². The summed E-state index contributed by atoms with van der Waals surface area (Å²) in [7, 11) is 0. The van der Waals surface area contributed by atoms with Crippen LogP contribution in [0, 0.1) is 6.92 Å². The molecular weight excluding hydrogens is 298 g/mol. The zero-order valence-corrected chi connectivity index (χ0v) is 14.1. The standard InChI is InChI=1S/C20H21N3O/c1-13(2)15-8-10-17(11-9-15)21-20(24)19-12-18(22-23-19)16-6-4-14(3)5-7-16/h4-13H,1-3H3,(H,21,24)(H,22,23). The summed E-state index contributed by atoms with van der Waals surface area (Å²) >= 11 is 0. The number of hydrogen-bond donors (Lipinski definition) is 2. The highest BCUT2D eigenvalue weighted by Gasteiger charge is 2.11. The zero-order chi connectivity index (χ0) is 17.1. The lowest BCUT2D eigenvalue weighted by Crippen LogP contribution is -2.12. The third-order valence-electron chi connectivity index (χ3n) is 4.01. The number of aromatic nitrogens is 2. The van der Waals surface area contributed by atoms with Gasteiger partial charge >= 0.3 is 0 Å². The van der Waals surface area contributed by atoms with E-state index in [9.17, 15) is 4.79 Å². The SMILES string of the molecule is Cc1ccc(-c2cc(C(=O)Nc3ccc(C(C)C)cc3)[nH]n2)cc1. The second-order valence-corrected chi connectivity index (χ2v) is 6.26. The molecule has 0 aliphatic carbocycles. The first-order valence-electron chi connectivity index (χ1n) is 8.06. The number of benzene rings is 2. The Morgan fingerprint density at radius 1 is 1.04 bits per heavy atom. The number of nitrogens with one attached hydrogen (secondary N) is 2. The minimum atomic E-state index is -0.196. The number of rotatable bonds is 4. The number of nitrogens with zero attached hydrogens (tertiary/aromatic N) is 1. The summed E-state index contributed by atoms with van der Waals surface area (Å²) in [5, 5.41) is 9.92. The number of anilines is 1. The average molecular weight is 319 g/mol. The van der Waals surface area contributed by atoms with E-state index in [0.29, 0.717) is 11.6 Å². The van der Waals surface area contributed by atoms with Crippen molar-refractivity contribution in [2.75, 3.05) is 5.32 Å². The van der Waals surface area contributed by atoms with Gasteiger partial charge in [0.2, 0.25) is 0 Å². The van der Waals surface area contributed by atoms with Crippen molar-refractivity contribution < 1.29 is 4.79 Å². The van der Waals surface area contributed by atoms with Gasteiger partial charge in [-0.25, -0.2) is 0 Å². The summed E-state index contributed by atoms with van der Waals surface area (Å²) in [6, 6.07) is 17.7. The summed E-state index contributed by atoms with van der Waals surface area (Å²) < 4.78 is 0. The molecule has 0 saturated heterocycles. The van der Waals surface area contributed by atoms with Gasteiger partial charge in [0.1, 0.15) is 5.69 Å². The van der Waals surface area contributed by atoms with E-state index in [2.05, 4.69) is 29.4 Å². The summed E-state index contributed by atoms with van der Waals surface area (Å²) in [5.74, 6) is 0.276. The molecule has 0 fully saturated rings. The smallest absolute Gasteiger partial charge is 0.273 e. The second kappa shape index (κ2) is 6.71. The minimum absolute atomic E-state index is 0.196. The first-order valence-corrected chi connectivity index (χ1v) is 8.06. The molecule has 122 valence electrons. The van der Waals surface area contributed by atoms with Crippen molar-refractivity contribution in [2.24, 2.45) is 0 Å². The molecule has 0 saturated carbocycles. The van der Waals surface area contributed by atoms with Crippen LogP contribution in [-0.2, 0) is 0 Å². The van der Waals surface area contributed by atoms with Crippen LogP contribution in [0.2, 0.25) is 0 Å². The van der Waals surface area contributed by atoms with Gasteiger partial charge in [-0.05, 0) is 36.6 Å². The van der Waals surface area contributed by atoms with Crippen molar-refractivity contribution >= 4 is 11.6 Å². The molecule has 1 aromatic heterocycles. The van der Waals surface area contributed by atoms with Gasteiger partial charge in [-0.3, -0.25) is 9.89 Å². The van der Waals surface area contributed by atoms with Crippen molar-refractivity contribution in [3.8, 4) is 11.3 Å². The number of hydrogen-bond acceptors (Lipinski definition) is 2. The molecule has 24 heavy (non-hydrogen) atoms. The van der Waals surface area contributed by atoms with E-state index in [1.807, 2.05) is 55.5 Å². The van der Waals surface area contributed by atoms with Crippen molar-refractivity contribution in [2.45, 2.75) is 26.7 Å². The topological polar surface area (TPSA) is 57.8 Å². The fourth-order valence-corrected chi connectivity index (χ4v) is 2.46. The lowest BCUT2D eigenvalue weighted by atomic mass is 10.0. The average Bonchev–Trinajstić information content (AvgIpc) is 3.06. The van der Waals surface area contributed by atoms with Crippen LogP contribution in [0.25, 0.3) is 11.3 Å². The lowest BCUT2D eigenvalue weighted by Gasteiger charge is -2.07. The maximum Gasteiger partial charge on any atom is 0.273 e. The van der Waals surface area contributed by atoms with E-state index in [4.69, 9.17) is 0 Å². The quantitative estimate of drug-likeness (QED) is 0.728. The summed E-state index contributed by atoms with van der Waals surface area (Å²) in [4.78, 5) is 12.3. The number of carbonyl (C=O) groups is 1. The third kappa shape index (κ3) is 3.54. The van der Waals surface area contributed by atoms with Gasteiger partial charge in [0, 0.05) is 11.3 Å². The van der Waals surface area contributed by atoms with E-state index in [-0.39, 0.29) is 5.91 Å². The molecule has 0 radical (unpaired) electrons. The highest BCUT2D eigenvalue weighted by molar-refractivity contribution is 6.03. The molecule has 2 N–H and O–H groups in total. The van der Waals surface area contributed by atoms with Gasteiger partial charge in [0.25, 0.3) is 5.91 Å². The van der Waals surface area contributed by atoms with Gasteiger partial charge < -0.3 is 5.32 Å². The minimum Gasteiger partial charge on any atom is -0.321 e. The van der Waals surface area contributed by atoms with Gasteiger partial charge in [0.15, 0.2) is 0 Å². The van der Waals surface area contributed by atoms with E-state index >= 15 is 0 Å². The van der Waals surface area contributed by atoms with Crippen LogP contribution in [0.15, 0.2) is 54.6 Å². The third-order valence-corrected chi connectivity index (χ3v) is 4.01. The van der Waals surface area contributed by atoms with Crippen LogP contribution in [0.5, 0.6) is 0 Å². The molecule has 1 amide bonds. The van der Waals surface area contributed by atoms with Gasteiger partial charge in [-0.15, -0.1) is 0 Å².